The maximum absolute atomic E-state index is 12.5. The van der Waals surface area contributed by atoms with Crippen molar-refractivity contribution in [3.63, 3.8) is 0 Å². The normalized spacial score (nSPS) is 20.4. The van der Waals surface area contributed by atoms with Gasteiger partial charge in [-0.2, -0.15) is 0 Å². The van der Waals surface area contributed by atoms with Gasteiger partial charge < -0.3 is 10.1 Å². The van der Waals surface area contributed by atoms with Gasteiger partial charge in [-0.05, 0) is 31.0 Å². The molecule has 0 unspecified atom stereocenters. The second kappa shape index (κ2) is 6.01. The summed E-state index contributed by atoms with van der Waals surface area (Å²) in [5.41, 5.74) is 2.91. The van der Waals surface area contributed by atoms with E-state index < -0.39 is 0 Å². The molecule has 0 bridgehead atoms. The van der Waals surface area contributed by atoms with E-state index in [1.165, 1.54) is 5.56 Å². The third-order valence-electron chi connectivity index (χ3n) is 4.36. The lowest BCUT2D eigenvalue weighted by Gasteiger charge is -2.29. The van der Waals surface area contributed by atoms with Crippen LogP contribution >= 0.6 is 0 Å². The Morgan fingerprint density at radius 1 is 1.22 bits per heavy atom. The lowest BCUT2D eigenvalue weighted by molar-refractivity contribution is -0.118. The summed E-state index contributed by atoms with van der Waals surface area (Å²) in [6, 6.07) is 9.94. The van der Waals surface area contributed by atoms with Crippen molar-refractivity contribution in [2.24, 2.45) is 0 Å². The molecule has 3 heterocycles. The van der Waals surface area contributed by atoms with E-state index in [0.29, 0.717) is 12.2 Å². The summed E-state index contributed by atoms with van der Waals surface area (Å²) < 4.78 is 5.97. The molecular weight excluding hydrogens is 290 g/mol. The van der Waals surface area contributed by atoms with Crippen LogP contribution in [0.25, 0.3) is 0 Å². The smallest absolute Gasteiger partial charge is 0.231 e. The summed E-state index contributed by atoms with van der Waals surface area (Å²) in [6.07, 6.45) is 5.92. The molecule has 1 amide bonds. The number of fused-ring (bicyclic) bond motifs is 1. The fraction of sp³-hybridized carbons (Fsp3) is 0.333. The second-order valence-electron chi connectivity index (χ2n) is 5.97. The average Bonchev–Trinajstić information content (AvgIpc) is 3.08. The van der Waals surface area contributed by atoms with Crippen LogP contribution in [-0.4, -0.2) is 30.1 Å². The van der Waals surface area contributed by atoms with Gasteiger partial charge in [-0.3, -0.25) is 14.7 Å². The van der Waals surface area contributed by atoms with Crippen molar-refractivity contribution in [1.29, 1.82) is 0 Å². The van der Waals surface area contributed by atoms with E-state index in [9.17, 15) is 4.79 Å². The molecule has 1 atom stereocenters. The molecule has 2 aliphatic heterocycles. The minimum Gasteiger partial charge on any atom is -0.487 e. The lowest BCUT2D eigenvalue weighted by Crippen LogP contribution is -2.30. The summed E-state index contributed by atoms with van der Waals surface area (Å²) in [7, 11) is 0. The van der Waals surface area contributed by atoms with Crippen molar-refractivity contribution in [1.82, 2.24) is 10.3 Å². The highest BCUT2D eigenvalue weighted by atomic mass is 16.5. The molecule has 1 N–H and O–H groups in total. The van der Waals surface area contributed by atoms with Crippen molar-refractivity contribution in [2.45, 2.75) is 25.4 Å². The van der Waals surface area contributed by atoms with Crippen LogP contribution < -0.4 is 15.0 Å². The summed E-state index contributed by atoms with van der Waals surface area (Å²) in [6.45, 7) is 1.84. The highest BCUT2D eigenvalue weighted by Crippen LogP contribution is 2.35. The number of rotatable bonds is 3. The van der Waals surface area contributed by atoms with Gasteiger partial charge in [0.05, 0.1) is 23.8 Å². The monoisotopic (exact) mass is 309 g/mol. The molecular formula is C18H19N3O2. The maximum Gasteiger partial charge on any atom is 0.231 e. The summed E-state index contributed by atoms with van der Waals surface area (Å²) in [4.78, 5) is 18.5. The SMILES string of the molecule is O=C1CCc2ccccc2N1c1cncc(O[C@@H]2CCNC2)c1. The molecule has 2 aliphatic rings. The first-order valence-corrected chi connectivity index (χ1v) is 8.04. The molecule has 4 rings (SSSR count). The fourth-order valence-corrected chi connectivity index (χ4v) is 3.23. The van der Waals surface area contributed by atoms with E-state index in [0.717, 1.165) is 37.3 Å². The number of ether oxygens (including phenoxy) is 1. The number of benzene rings is 1. The van der Waals surface area contributed by atoms with Crippen LogP contribution in [0.1, 0.15) is 18.4 Å². The van der Waals surface area contributed by atoms with Crippen LogP contribution in [0, 0.1) is 0 Å². The molecule has 0 aliphatic carbocycles. The Labute approximate surface area is 135 Å². The van der Waals surface area contributed by atoms with Crippen LogP contribution in [0.5, 0.6) is 5.75 Å². The lowest BCUT2D eigenvalue weighted by atomic mass is 10.0. The molecule has 1 aromatic heterocycles. The number of carbonyl (C=O) groups excluding carboxylic acids is 1. The fourth-order valence-electron chi connectivity index (χ4n) is 3.23. The molecule has 118 valence electrons. The number of hydrogen-bond donors (Lipinski definition) is 1. The molecule has 0 radical (unpaired) electrons. The first-order valence-electron chi connectivity index (χ1n) is 8.04. The third kappa shape index (κ3) is 2.80. The highest BCUT2D eigenvalue weighted by Gasteiger charge is 2.26. The van der Waals surface area contributed by atoms with Gasteiger partial charge in [0.15, 0.2) is 0 Å². The number of hydrogen-bond acceptors (Lipinski definition) is 4. The topological polar surface area (TPSA) is 54.5 Å². The van der Waals surface area contributed by atoms with E-state index in [1.54, 1.807) is 17.3 Å². The van der Waals surface area contributed by atoms with Gasteiger partial charge in [0, 0.05) is 19.0 Å². The van der Waals surface area contributed by atoms with Gasteiger partial charge >= 0.3 is 0 Å². The Morgan fingerprint density at radius 3 is 3.00 bits per heavy atom. The number of anilines is 2. The summed E-state index contributed by atoms with van der Waals surface area (Å²) in [5, 5.41) is 3.28. The predicted octanol–water partition coefficient (Wildman–Crippen LogP) is 2.43. The number of para-hydroxylation sites is 1. The van der Waals surface area contributed by atoms with Gasteiger partial charge in [0.2, 0.25) is 5.91 Å². The Morgan fingerprint density at radius 2 is 2.13 bits per heavy atom. The largest absolute Gasteiger partial charge is 0.487 e. The quantitative estimate of drug-likeness (QED) is 0.946. The molecule has 23 heavy (non-hydrogen) atoms. The highest BCUT2D eigenvalue weighted by molar-refractivity contribution is 6.03. The van der Waals surface area contributed by atoms with Gasteiger partial charge in [0.25, 0.3) is 0 Å². The number of amides is 1. The van der Waals surface area contributed by atoms with E-state index in [2.05, 4.69) is 16.4 Å². The van der Waals surface area contributed by atoms with E-state index in [1.807, 2.05) is 24.3 Å². The minimum atomic E-state index is 0.102. The summed E-state index contributed by atoms with van der Waals surface area (Å²) in [5.74, 6) is 0.817. The van der Waals surface area contributed by atoms with Crippen molar-refractivity contribution in [2.75, 3.05) is 18.0 Å². The van der Waals surface area contributed by atoms with Gasteiger partial charge in [0.1, 0.15) is 11.9 Å². The van der Waals surface area contributed by atoms with Crippen molar-refractivity contribution >= 4 is 17.3 Å². The van der Waals surface area contributed by atoms with Gasteiger partial charge in [-0.1, -0.05) is 18.2 Å². The van der Waals surface area contributed by atoms with Crippen LogP contribution in [-0.2, 0) is 11.2 Å². The number of nitrogens with zero attached hydrogens (tertiary/aromatic N) is 2. The minimum absolute atomic E-state index is 0.102. The van der Waals surface area contributed by atoms with Crippen LogP contribution in [0.15, 0.2) is 42.7 Å². The number of aryl methyl sites for hydroxylation is 1. The van der Waals surface area contributed by atoms with Crippen molar-refractivity contribution < 1.29 is 9.53 Å². The zero-order valence-electron chi connectivity index (χ0n) is 12.9. The van der Waals surface area contributed by atoms with Gasteiger partial charge in [-0.25, -0.2) is 0 Å². The Bertz CT molecular complexity index is 726. The Kier molecular flexibility index (Phi) is 3.71. The molecule has 0 saturated carbocycles. The van der Waals surface area contributed by atoms with Crippen LogP contribution in [0.3, 0.4) is 0 Å². The van der Waals surface area contributed by atoms with E-state index >= 15 is 0 Å². The second-order valence-corrected chi connectivity index (χ2v) is 5.97. The number of nitrogens with one attached hydrogen (secondary N) is 1. The zero-order valence-corrected chi connectivity index (χ0v) is 12.9. The standard InChI is InChI=1S/C18H19N3O2/c22-18-6-5-13-3-1-2-4-17(13)21(18)14-9-16(12-20-10-14)23-15-7-8-19-11-15/h1-4,9-10,12,15,19H,5-8,11H2/t15-/m1/s1. The first-order chi connectivity index (χ1) is 11.3. The number of aromatic nitrogens is 1. The molecule has 1 aromatic carbocycles. The maximum atomic E-state index is 12.5. The van der Waals surface area contributed by atoms with Crippen molar-refractivity contribution in [3.8, 4) is 5.75 Å². The third-order valence-corrected chi connectivity index (χ3v) is 4.36. The zero-order chi connectivity index (χ0) is 15.6. The molecule has 1 fully saturated rings. The molecule has 5 nitrogen and oxygen atoms in total. The molecule has 5 heteroatoms. The van der Waals surface area contributed by atoms with Crippen LogP contribution in [0.2, 0.25) is 0 Å². The number of pyridine rings is 1. The molecule has 2 aromatic rings. The first kappa shape index (κ1) is 14.2. The van der Waals surface area contributed by atoms with Crippen LogP contribution in [0.4, 0.5) is 11.4 Å². The van der Waals surface area contributed by atoms with E-state index in [-0.39, 0.29) is 12.0 Å². The Hall–Kier alpha value is -2.40. The van der Waals surface area contributed by atoms with E-state index in [4.69, 9.17) is 4.74 Å². The van der Waals surface area contributed by atoms with Gasteiger partial charge in [-0.15, -0.1) is 0 Å². The molecule has 0 spiro atoms. The van der Waals surface area contributed by atoms with Crippen molar-refractivity contribution in [3.05, 3.63) is 48.3 Å². The average molecular weight is 309 g/mol. The Balaban J connectivity index is 1.66. The summed E-state index contributed by atoms with van der Waals surface area (Å²) >= 11 is 0. The number of carbonyl (C=O) groups is 1. The predicted molar refractivity (Wildman–Crippen MR) is 88.0 cm³/mol. The molecule has 1 saturated heterocycles.